The van der Waals surface area contributed by atoms with Gasteiger partial charge in [0, 0.05) is 0 Å². The second kappa shape index (κ2) is 3.33. The van der Waals surface area contributed by atoms with Gasteiger partial charge in [-0.25, -0.2) is 4.39 Å². The Bertz CT molecular complexity index is 101. The van der Waals surface area contributed by atoms with E-state index in [2.05, 4.69) is 6.92 Å². The molecule has 2 heteroatoms. The molecule has 0 spiro atoms. The molecule has 0 heterocycles. The van der Waals surface area contributed by atoms with Crippen LogP contribution in [0.5, 0.6) is 0 Å². The molecule has 2 atom stereocenters. The van der Waals surface area contributed by atoms with E-state index in [-0.39, 0.29) is 0 Å². The summed E-state index contributed by atoms with van der Waals surface area (Å²) in [4.78, 5) is 0. The Morgan fingerprint density at radius 2 is 2.20 bits per heavy atom. The average Bonchev–Trinajstić information content (AvgIpc) is 2.68. The van der Waals surface area contributed by atoms with Crippen molar-refractivity contribution in [1.29, 1.82) is 0 Å². The lowest BCUT2D eigenvalue weighted by molar-refractivity contribution is 0.111. The zero-order chi connectivity index (χ0) is 7.56. The van der Waals surface area contributed by atoms with Crippen LogP contribution in [0.2, 0.25) is 0 Å². The second-order valence-corrected chi connectivity index (χ2v) is 3.36. The van der Waals surface area contributed by atoms with E-state index in [0.717, 1.165) is 5.92 Å². The van der Waals surface area contributed by atoms with Crippen molar-refractivity contribution >= 4 is 0 Å². The predicted octanol–water partition coefficient (Wildman–Crippen LogP) is 1.75. The van der Waals surface area contributed by atoms with Gasteiger partial charge >= 0.3 is 0 Å². The third kappa shape index (κ3) is 2.25. The van der Waals surface area contributed by atoms with Crippen molar-refractivity contribution in [3.05, 3.63) is 0 Å². The summed E-state index contributed by atoms with van der Waals surface area (Å²) in [5.41, 5.74) is 0. The van der Waals surface area contributed by atoms with Gasteiger partial charge in [0.05, 0.1) is 6.10 Å². The number of rotatable bonds is 4. The molecule has 0 aliphatic heterocycles. The standard InChI is InChI=1S/C8H15FO/c1-6(7-2-3-7)4-8(10)5-9/h6-8,10H,2-5H2,1H3. The van der Waals surface area contributed by atoms with Gasteiger partial charge in [0.1, 0.15) is 6.67 Å². The molecule has 0 amide bonds. The zero-order valence-electron chi connectivity index (χ0n) is 6.39. The average molecular weight is 146 g/mol. The van der Waals surface area contributed by atoms with Gasteiger partial charge in [-0.15, -0.1) is 0 Å². The summed E-state index contributed by atoms with van der Waals surface area (Å²) < 4.78 is 11.8. The van der Waals surface area contributed by atoms with Gasteiger partial charge in [-0.2, -0.15) is 0 Å². The van der Waals surface area contributed by atoms with Crippen molar-refractivity contribution < 1.29 is 9.50 Å². The quantitative estimate of drug-likeness (QED) is 0.640. The van der Waals surface area contributed by atoms with E-state index in [4.69, 9.17) is 5.11 Å². The predicted molar refractivity (Wildman–Crippen MR) is 38.5 cm³/mol. The van der Waals surface area contributed by atoms with E-state index < -0.39 is 12.8 Å². The summed E-state index contributed by atoms with van der Waals surface area (Å²) >= 11 is 0. The van der Waals surface area contributed by atoms with Crippen LogP contribution in [0.15, 0.2) is 0 Å². The van der Waals surface area contributed by atoms with Crippen LogP contribution in [0.25, 0.3) is 0 Å². The number of hydrogen-bond acceptors (Lipinski definition) is 1. The first-order chi connectivity index (χ1) is 4.74. The molecule has 1 rings (SSSR count). The number of halogens is 1. The Labute approximate surface area is 61.2 Å². The first-order valence-corrected chi connectivity index (χ1v) is 3.98. The zero-order valence-corrected chi connectivity index (χ0v) is 6.39. The molecule has 0 radical (unpaired) electrons. The summed E-state index contributed by atoms with van der Waals surface area (Å²) in [5, 5.41) is 8.93. The maximum Gasteiger partial charge on any atom is 0.115 e. The Morgan fingerprint density at radius 3 is 2.60 bits per heavy atom. The number of hydrogen-bond donors (Lipinski definition) is 1. The third-order valence-electron chi connectivity index (χ3n) is 2.25. The second-order valence-electron chi connectivity index (χ2n) is 3.36. The van der Waals surface area contributed by atoms with Crippen LogP contribution in [-0.2, 0) is 0 Å². The lowest BCUT2D eigenvalue weighted by atomic mass is 9.99. The maximum absolute atomic E-state index is 11.8. The molecule has 10 heavy (non-hydrogen) atoms. The molecule has 1 aliphatic carbocycles. The van der Waals surface area contributed by atoms with Crippen LogP contribution in [0.4, 0.5) is 4.39 Å². The molecule has 1 aliphatic rings. The summed E-state index contributed by atoms with van der Waals surface area (Å²) in [5.74, 6) is 1.30. The Morgan fingerprint density at radius 1 is 1.60 bits per heavy atom. The van der Waals surface area contributed by atoms with E-state index in [0.29, 0.717) is 12.3 Å². The van der Waals surface area contributed by atoms with Crippen LogP contribution in [0.1, 0.15) is 26.2 Å². The van der Waals surface area contributed by atoms with Crippen molar-refractivity contribution in [2.45, 2.75) is 32.3 Å². The van der Waals surface area contributed by atoms with Crippen molar-refractivity contribution in [3.8, 4) is 0 Å². The van der Waals surface area contributed by atoms with Crippen LogP contribution < -0.4 is 0 Å². The highest BCUT2D eigenvalue weighted by Crippen LogP contribution is 2.38. The Balaban J connectivity index is 2.10. The first-order valence-electron chi connectivity index (χ1n) is 3.98. The Hall–Kier alpha value is -0.110. The smallest absolute Gasteiger partial charge is 0.115 e. The summed E-state index contributed by atoms with van der Waals surface area (Å²) in [7, 11) is 0. The summed E-state index contributed by atoms with van der Waals surface area (Å²) in [6.07, 6.45) is 2.48. The van der Waals surface area contributed by atoms with Gasteiger partial charge in [0.25, 0.3) is 0 Å². The van der Waals surface area contributed by atoms with Gasteiger partial charge in [0.2, 0.25) is 0 Å². The Kier molecular flexibility index (Phi) is 2.66. The SMILES string of the molecule is CC(CC(O)CF)C1CC1. The lowest BCUT2D eigenvalue weighted by Gasteiger charge is -2.12. The fourth-order valence-corrected chi connectivity index (χ4v) is 1.35. The monoisotopic (exact) mass is 146 g/mol. The minimum absolute atomic E-state index is 0.519. The third-order valence-corrected chi connectivity index (χ3v) is 2.25. The molecule has 1 saturated carbocycles. The number of aliphatic hydroxyl groups excluding tert-OH is 1. The fourth-order valence-electron chi connectivity index (χ4n) is 1.35. The van der Waals surface area contributed by atoms with Crippen molar-refractivity contribution in [1.82, 2.24) is 0 Å². The summed E-state index contributed by atoms with van der Waals surface area (Å²) in [6, 6.07) is 0. The van der Waals surface area contributed by atoms with Crippen LogP contribution >= 0.6 is 0 Å². The van der Waals surface area contributed by atoms with Gasteiger partial charge in [-0.1, -0.05) is 6.92 Å². The molecule has 0 bridgehead atoms. The molecule has 60 valence electrons. The maximum atomic E-state index is 11.8. The highest BCUT2D eigenvalue weighted by Gasteiger charge is 2.28. The van der Waals surface area contributed by atoms with Crippen molar-refractivity contribution in [2.24, 2.45) is 11.8 Å². The first kappa shape index (κ1) is 7.99. The molecule has 1 fully saturated rings. The van der Waals surface area contributed by atoms with Crippen LogP contribution in [0.3, 0.4) is 0 Å². The molecule has 0 aromatic rings. The largest absolute Gasteiger partial charge is 0.390 e. The molecule has 0 aromatic heterocycles. The highest BCUT2D eigenvalue weighted by atomic mass is 19.1. The van der Waals surface area contributed by atoms with Crippen LogP contribution in [0, 0.1) is 11.8 Å². The molecular formula is C8H15FO. The molecule has 1 N–H and O–H groups in total. The van der Waals surface area contributed by atoms with Crippen molar-refractivity contribution in [3.63, 3.8) is 0 Å². The summed E-state index contributed by atoms with van der Waals surface area (Å²) in [6.45, 7) is 1.51. The number of alkyl halides is 1. The highest BCUT2D eigenvalue weighted by molar-refractivity contribution is 4.79. The van der Waals surface area contributed by atoms with E-state index in [9.17, 15) is 4.39 Å². The van der Waals surface area contributed by atoms with E-state index in [1.165, 1.54) is 12.8 Å². The molecule has 0 saturated heterocycles. The van der Waals surface area contributed by atoms with Crippen LogP contribution in [-0.4, -0.2) is 17.9 Å². The van der Waals surface area contributed by atoms with E-state index in [1.54, 1.807) is 0 Å². The molecule has 2 unspecified atom stereocenters. The van der Waals surface area contributed by atoms with Gasteiger partial charge < -0.3 is 5.11 Å². The molecule has 1 nitrogen and oxygen atoms in total. The topological polar surface area (TPSA) is 20.2 Å². The van der Waals surface area contributed by atoms with Gasteiger partial charge in [-0.3, -0.25) is 0 Å². The lowest BCUT2D eigenvalue weighted by Crippen LogP contribution is -2.14. The molecular weight excluding hydrogens is 131 g/mol. The molecule has 0 aromatic carbocycles. The minimum Gasteiger partial charge on any atom is -0.390 e. The van der Waals surface area contributed by atoms with Gasteiger partial charge in [-0.05, 0) is 31.1 Å². The minimum atomic E-state index is -0.712. The van der Waals surface area contributed by atoms with Gasteiger partial charge in [0.15, 0.2) is 0 Å². The van der Waals surface area contributed by atoms with Crippen molar-refractivity contribution in [2.75, 3.05) is 6.67 Å². The van der Waals surface area contributed by atoms with E-state index in [1.807, 2.05) is 0 Å². The normalized spacial score (nSPS) is 24.3. The fraction of sp³-hybridized carbons (Fsp3) is 1.00. The van der Waals surface area contributed by atoms with E-state index >= 15 is 0 Å². The number of aliphatic hydroxyl groups is 1.